The fourth-order valence-electron chi connectivity index (χ4n) is 2.71. The molecule has 2 aromatic carbocycles. The number of fused-ring (bicyclic) bond motifs is 1. The Balaban J connectivity index is 1.54. The number of carbonyl (C=O) groups is 2. The second kappa shape index (κ2) is 8.34. The zero-order valence-corrected chi connectivity index (χ0v) is 18.7. The van der Waals surface area contributed by atoms with E-state index in [2.05, 4.69) is 10.1 Å². The molecule has 32 heavy (non-hydrogen) atoms. The molecule has 162 valence electrons. The molecule has 12 heteroatoms. The summed E-state index contributed by atoms with van der Waals surface area (Å²) in [4.78, 5) is 28.5. The first kappa shape index (κ1) is 21.9. The maximum Gasteiger partial charge on any atom is 0.345 e. The first-order chi connectivity index (χ1) is 15.1. The number of rotatable bonds is 3. The number of hydrazone groups is 1. The molecule has 9 nitrogen and oxygen atoms in total. The number of nitrogens with one attached hydrogen (secondary N) is 1. The first-order valence-electron chi connectivity index (χ1n) is 8.90. The van der Waals surface area contributed by atoms with E-state index in [9.17, 15) is 18.0 Å². The van der Waals surface area contributed by atoms with Crippen molar-refractivity contribution in [3.05, 3.63) is 70.3 Å². The summed E-state index contributed by atoms with van der Waals surface area (Å²) in [6, 6.07) is 12.7. The summed E-state index contributed by atoms with van der Waals surface area (Å²) >= 11 is 6.71. The summed E-state index contributed by atoms with van der Waals surface area (Å²) in [6.07, 6.45) is 2.41. The van der Waals surface area contributed by atoms with Crippen molar-refractivity contribution in [3.8, 4) is 5.75 Å². The third-order valence-electron chi connectivity index (χ3n) is 4.25. The highest BCUT2D eigenvalue weighted by Gasteiger charge is 2.38. The monoisotopic (exact) mass is 488 g/mol. The Morgan fingerprint density at radius 2 is 1.88 bits per heavy atom. The lowest BCUT2D eigenvalue weighted by molar-refractivity contribution is -0.114. The first-order valence-corrected chi connectivity index (χ1v) is 12.0. The van der Waals surface area contributed by atoms with Gasteiger partial charge in [-0.15, -0.1) is 5.10 Å². The van der Waals surface area contributed by atoms with Crippen LogP contribution in [0.4, 0.5) is 0 Å². The van der Waals surface area contributed by atoms with E-state index in [1.54, 1.807) is 36.4 Å². The minimum Gasteiger partial charge on any atom is -0.423 e. The highest BCUT2D eigenvalue weighted by Crippen LogP contribution is 2.30. The minimum atomic E-state index is -3.60. The molecule has 1 amide bonds. The van der Waals surface area contributed by atoms with Gasteiger partial charge in [0.25, 0.3) is 5.91 Å². The molecule has 0 atom stereocenters. The molecular weight excluding hydrogens is 476 g/mol. The number of sulfone groups is 1. The molecule has 0 saturated carbocycles. The van der Waals surface area contributed by atoms with Crippen LogP contribution in [0.1, 0.15) is 15.9 Å². The number of amides is 1. The number of hydrogen-bond donors (Lipinski definition) is 1. The maximum atomic E-state index is 12.4. The quantitative estimate of drug-likeness (QED) is 0.399. The van der Waals surface area contributed by atoms with E-state index in [4.69, 9.17) is 21.7 Å². The van der Waals surface area contributed by atoms with E-state index in [0.717, 1.165) is 11.3 Å². The molecule has 0 aliphatic carbocycles. The fourth-order valence-corrected chi connectivity index (χ4v) is 4.61. The van der Waals surface area contributed by atoms with Gasteiger partial charge in [-0.1, -0.05) is 35.9 Å². The molecule has 2 aromatic rings. The van der Waals surface area contributed by atoms with Gasteiger partial charge in [-0.05, 0) is 47.7 Å². The molecule has 0 unspecified atom stereocenters. The lowest BCUT2D eigenvalue weighted by atomic mass is 10.1. The molecule has 0 fully saturated rings. The van der Waals surface area contributed by atoms with Crippen LogP contribution in [-0.2, 0) is 14.6 Å². The number of benzene rings is 2. The average Bonchev–Trinajstić information content (AvgIpc) is 3.17. The zero-order chi connectivity index (χ0) is 23.0. The number of carbonyl (C=O) groups excluding carboxylic acids is 2. The van der Waals surface area contributed by atoms with Gasteiger partial charge in [-0.25, -0.2) is 13.2 Å². The van der Waals surface area contributed by atoms with Crippen LogP contribution >= 0.6 is 23.4 Å². The number of amidine groups is 2. The van der Waals surface area contributed by atoms with Crippen LogP contribution in [0.25, 0.3) is 6.08 Å². The summed E-state index contributed by atoms with van der Waals surface area (Å²) in [5, 5.41) is 13.4. The van der Waals surface area contributed by atoms with Crippen molar-refractivity contribution in [2.45, 2.75) is 0 Å². The molecule has 2 aliphatic rings. The average molecular weight is 489 g/mol. The van der Waals surface area contributed by atoms with Crippen LogP contribution in [0.3, 0.4) is 0 Å². The highest BCUT2D eigenvalue weighted by molar-refractivity contribution is 8.42. The summed E-state index contributed by atoms with van der Waals surface area (Å²) in [7, 11) is -3.60. The number of thioether (sulfide) groups is 1. The van der Waals surface area contributed by atoms with Crippen molar-refractivity contribution >= 4 is 66.5 Å². The van der Waals surface area contributed by atoms with Gasteiger partial charge in [0.15, 0.2) is 5.84 Å². The number of esters is 1. The minimum absolute atomic E-state index is 0.0133. The molecule has 1 N–H and O–H groups in total. The Kier molecular flexibility index (Phi) is 5.71. The zero-order valence-electron chi connectivity index (χ0n) is 16.3. The van der Waals surface area contributed by atoms with Gasteiger partial charge in [0.05, 0.1) is 16.2 Å². The van der Waals surface area contributed by atoms with Crippen molar-refractivity contribution in [1.29, 1.82) is 5.41 Å². The van der Waals surface area contributed by atoms with Crippen molar-refractivity contribution in [3.63, 3.8) is 0 Å². The van der Waals surface area contributed by atoms with E-state index >= 15 is 0 Å². The smallest absolute Gasteiger partial charge is 0.345 e. The standard InChI is InChI=1S/C20H13ClN4O5S2/c1-32(28,29)20-24-25-16(22)14(17(26)23-19(25)31-20)10-11-6-8-12(9-7-11)30-18(27)13-4-2-3-5-15(13)21/h2-10,22H,1H3/b14-10+,22-16?. The van der Waals surface area contributed by atoms with E-state index in [-0.39, 0.29) is 37.3 Å². The van der Waals surface area contributed by atoms with Crippen molar-refractivity contribution in [2.75, 3.05) is 6.26 Å². The SMILES string of the molecule is CS(=O)(=O)C1=NN2C(=N)/C(=C\c3ccc(OC(=O)c4ccccc4Cl)cc3)C(=O)N=C2S1. The Hall–Kier alpha value is -3.28. The van der Waals surface area contributed by atoms with Crippen molar-refractivity contribution in [1.82, 2.24) is 5.01 Å². The van der Waals surface area contributed by atoms with Gasteiger partial charge < -0.3 is 4.74 Å². The highest BCUT2D eigenvalue weighted by atomic mass is 35.5. The number of ether oxygens (including phenoxy) is 1. The predicted molar refractivity (Wildman–Crippen MR) is 123 cm³/mol. The van der Waals surface area contributed by atoms with Crippen LogP contribution < -0.4 is 4.74 Å². The second-order valence-corrected chi connectivity index (χ2v) is 10.1. The van der Waals surface area contributed by atoms with Gasteiger partial charge >= 0.3 is 5.97 Å². The number of halogens is 1. The molecule has 0 saturated heterocycles. The van der Waals surface area contributed by atoms with Crippen LogP contribution in [0.15, 0.2) is 64.2 Å². The Bertz CT molecular complexity index is 1360. The number of hydrogen-bond acceptors (Lipinski definition) is 8. The topological polar surface area (TPSA) is 129 Å². The number of nitrogens with zero attached hydrogens (tertiary/aromatic N) is 3. The fraction of sp³-hybridized carbons (Fsp3) is 0.0500. The summed E-state index contributed by atoms with van der Waals surface area (Å²) < 4.78 is 28.5. The van der Waals surface area contributed by atoms with E-state index in [0.29, 0.717) is 17.3 Å². The summed E-state index contributed by atoms with van der Waals surface area (Å²) in [5.74, 6) is -1.33. The van der Waals surface area contributed by atoms with Crippen LogP contribution in [0.2, 0.25) is 5.02 Å². The lowest BCUT2D eigenvalue weighted by Gasteiger charge is -2.20. The van der Waals surface area contributed by atoms with Gasteiger partial charge in [-0.3, -0.25) is 10.2 Å². The molecule has 2 heterocycles. The molecular formula is C20H13ClN4O5S2. The Morgan fingerprint density at radius 1 is 1.19 bits per heavy atom. The van der Waals surface area contributed by atoms with E-state index < -0.39 is 21.7 Å². The van der Waals surface area contributed by atoms with Crippen molar-refractivity contribution < 1.29 is 22.7 Å². The summed E-state index contributed by atoms with van der Waals surface area (Å²) in [6.45, 7) is 0. The number of aliphatic imine (C=N–C) groups is 1. The largest absolute Gasteiger partial charge is 0.423 e. The van der Waals surface area contributed by atoms with E-state index in [1.165, 1.54) is 18.2 Å². The lowest BCUT2D eigenvalue weighted by Crippen LogP contribution is -2.35. The second-order valence-electron chi connectivity index (χ2n) is 6.60. The molecule has 0 radical (unpaired) electrons. The van der Waals surface area contributed by atoms with Gasteiger partial charge in [0.1, 0.15) is 5.75 Å². The van der Waals surface area contributed by atoms with E-state index in [1.807, 2.05) is 0 Å². The molecule has 0 spiro atoms. The van der Waals surface area contributed by atoms with Crippen molar-refractivity contribution in [2.24, 2.45) is 10.1 Å². The van der Waals surface area contributed by atoms with Gasteiger partial charge in [0.2, 0.25) is 19.4 Å². The molecule has 2 aliphatic heterocycles. The normalized spacial score (nSPS) is 17.2. The van der Waals surface area contributed by atoms with Gasteiger partial charge in [-0.2, -0.15) is 10.0 Å². The van der Waals surface area contributed by atoms with Gasteiger partial charge in [0, 0.05) is 6.26 Å². The van der Waals surface area contributed by atoms with Crippen LogP contribution in [0.5, 0.6) is 5.75 Å². The molecule has 0 bridgehead atoms. The Morgan fingerprint density at radius 3 is 2.53 bits per heavy atom. The molecule has 4 rings (SSSR count). The maximum absolute atomic E-state index is 12.4. The predicted octanol–water partition coefficient (Wildman–Crippen LogP) is 3.18. The Labute approximate surface area is 191 Å². The summed E-state index contributed by atoms with van der Waals surface area (Å²) in [5.41, 5.74) is 0.704. The molecule has 0 aromatic heterocycles. The third-order valence-corrected chi connectivity index (χ3v) is 7.16. The van der Waals surface area contributed by atoms with Crippen LogP contribution in [0, 0.1) is 5.41 Å². The van der Waals surface area contributed by atoms with Crippen LogP contribution in [-0.4, -0.2) is 46.9 Å². The third kappa shape index (κ3) is 4.35.